The highest BCUT2D eigenvalue weighted by Gasteiger charge is 2.34. The van der Waals surface area contributed by atoms with Crippen LogP contribution in [-0.2, 0) is 17.7 Å². The number of nitrogens with one attached hydrogen (secondary N) is 1. The average Bonchev–Trinajstić information content (AvgIpc) is 3.16. The number of pyridine rings is 1. The first-order valence-electron chi connectivity index (χ1n) is 10.5. The Balaban J connectivity index is 1.46. The summed E-state index contributed by atoms with van der Waals surface area (Å²) >= 11 is 0. The number of amides is 1. The number of carbonyl (C=O) groups is 1. The topological polar surface area (TPSA) is 91.4 Å². The summed E-state index contributed by atoms with van der Waals surface area (Å²) in [7, 11) is 0. The number of hydrogen-bond acceptors (Lipinski definition) is 6. The van der Waals surface area contributed by atoms with E-state index in [0.29, 0.717) is 12.4 Å². The van der Waals surface area contributed by atoms with Gasteiger partial charge in [0.15, 0.2) is 0 Å². The monoisotopic (exact) mass is 411 g/mol. The standard InChI is InChI=1S/C22H29N5O3/c1-22(2,3)30-21(29)27-11-4-5-16(27)13-26-12-8-18-17(14-26)20(28)25-19(24-18)15-6-9-23-10-7-15/h6-7,9-10,16H,4-5,8,11-14H2,1-3H3,(H,24,25,28). The van der Waals surface area contributed by atoms with E-state index >= 15 is 0 Å². The van der Waals surface area contributed by atoms with Gasteiger partial charge in [-0.1, -0.05) is 0 Å². The van der Waals surface area contributed by atoms with Crippen molar-refractivity contribution in [1.29, 1.82) is 0 Å². The van der Waals surface area contributed by atoms with E-state index in [4.69, 9.17) is 9.72 Å². The molecule has 8 nitrogen and oxygen atoms in total. The predicted molar refractivity (Wildman–Crippen MR) is 113 cm³/mol. The SMILES string of the molecule is CC(C)(C)OC(=O)N1CCCC1CN1CCc2nc(-c3ccncc3)[nH]c(=O)c2C1. The van der Waals surface area contributed by atoms with E-state index in [1.54, 1.807) is 12.4 Å². The summed E-state index contributed by atoms with van der Waals surface area (Å²) in [5, 5.41) is 0. The minimum atomic E-state index is -0.500. The van der Waals surface area contributed by atoms with Crippen LogP contribution in [0.3, 0.4) is 0 Å². The summed E-state index contributed by atoms with van der Waals surface area (Å²) in [5.41, 5.74) is 1.84. The Hall–Kier alpha value is -2.74. The molecule has 0 aliphatic carbocycles. The van der Waals surface area contributed by atoms with Crippen LogP contribution in [0.15, 0.2) is 29.3 Å². The van der Waals surface area contributed by atoms with Crippen molar-refractivity contribution < 1.29 is 9.53 Å². The van der Waals surface area contributed by atoms with Crippen LogP contribution in [-0.4, -0.2) is 62.1 Å². The molecular weight excluding hydrogens is 382 g/mol. The van der Waals surface area contributed by atoms with Crippen LogP contribution in [0.4, 0.5) is 4.79 Å². The molecule has 2 aromatic heterocycles. The molecule has 1 unspecified atom stereocenters. The molecule has 0 bridgehead atoms. The van der Waals surface area contributed by atoms with Gasteiger partial charge in [0.1, 0.15) is 11.4 Å². The molecule has 160 valence electrons. The van der Waals surface area contributed by atoms with Crippen molar-refractivity contribution in [2.75, 3.05) is 19.6 Å². The molecular formula is C22H29N5O3. The summed E-state index contributed by atoms with van der Waals surface area (Å²) in [6.45, 7) is 8.49. The fourth-order valence-electron chi connectivity index (χ4n) is 4.17. The lowest BCUT2D eigenvalue weighted by Gasteiger charge is -2.34. The average molecular weight is 412 g/mol. The molecule has 2 aliphatic heterocycles. The maximum atomic E-state index is 12.7. The lowest BCUT2D eigenvalue weighted by Crippen LogP contribution is -2.47. The van der Waals surface area contributed by atoms with Crippen molar-refractivity contribution in [3.05, 3.63) is 46.1 Å². The molecule has 2 aliphatic rings. The second-order valence-electron chi connectivity index (χ2n) is 9.03. The minimum absolute atomic E-state index is 0.0908. The van der Waals surface area contributed by atoms with Crippen molar-refractivity contribution in [1.82, 2.24) is 24.8 Å². The van der Waals surface area contributed by atoms with Crippen molar-refractivity contribution in [2.24, 2.45) is 0 Å². The number of hydrogen-bond donors (Lipinski definition) is 1. The minimum Gasteiger partial charge on any atom is -0.444 e. The Bertz CT molecular complexity index is 967. The molecule has 1 atom stereocenters. The maximum Gasteiger partial charge on any atom is 0.410 e. The number of rotatable bonds is 3. The lowest BCUT2D eigenvalue weighted by atomic mass is 10.1. The first kappa shape index (κ1) is 20.5. The van der Waals surface area contributed by atoms with Crippen molar-refractivity contribution in [3.63, 3.8) is 0 Å². The van der Waals surface area contributed by atoms with E-state index < -0.39 is 5.60 Å². The Morgan fingerprint density at radius 3 is 2.77 bits per heavy atom. The molecule has 2 aromatic rings. The van der Waals surface area contributed by atoms with Gasteiger partial charge in [-0.05, 0) is 45.7 Å². The van der Waals surface area contributed by atoms with Gasteiger partial charge in [-0.15, -0.1) is 0 Å². The Morgan fingerprint density at radius 2 is 2.03 bits per heavy atom. The van der Waals surface area contributed by atoms with Gasteiger partial charge in [-0.3, -0.25) is 14.7 Å². The lowest BCUT2D eigenvalue weighted by molar-refractivity contribution is 0.0192. The van der Waals surface area contributed by atoms with Crippen LogP contribution in [0, 0.1) is 0 Å². The molecule has 0 aromatic carbocycles. The van der Waals surface area contributed by atoms with Crippen LogP contribution in [0.25, 0.3) is 11.4 Å². The Morgan fingerprint density at radius 1 is 1.27 bits per heavy atom. The molecule has 0 saturated carbocycles. The highest BCUT2D eigenvalue weighted by molar-refractivity contribution is 5.69. The van der Waals surface area contributed by atoms with Crippen LogP contribution in [0.2, 0.25) is 0 Å². The van der Waals surface area contributed by atoms with Gasteiger partial charge in [0.2, 0.25) is 0 Å². The van der Waals surface area contributed by atoms with Crippen LogP contribution >= 0.6 is 0 Å². The van der Waals surface area contributed by atoms with E-state index in [-0.39, 0.29) is 17.7 Å². The van der Waals surface area contributed by atoms with Gasteiger partial charge in [-0.25, -0.2) is 9.78 Å². The third-order valence-electron chi connectivity index (χ3n) is 5.58. The van der Waals surface area contributed by atoms with Crippen molar-refractivity contribution >= 4 is 6.09 Å². The predicted octanol–water partition coefficient (Wildman–Crippen LogP) is 2.59. The van der Waals surface area contributed by atoms with Gasteiger partial charge in [-0.2, -0.15) is 0 Å². The number of aromatic amines is 1. The number of nitrogens with zero attached hydrogens (tertiary/aromatic N) is 4. The zero-order valence-electron chi connectivity index (χ0n) is 17.9. The van der Waals surface area contributed by atoms with E-state index in [0.717, 1.165) is 55.7 Å². The van der Waals surface area contributed by atoms with E-state index in [2.05, 4.69) is 14.9 Å². The summed E-state index contributed by atoms with van der Waals surface area (Å²) in [6, 6.07) is 3.79. The molecule has 1 amide bonds. The number of H-pyrrole nitrogens is 1. The number of ether oxygens (including phenoxy) is 1. The van der Waals surface area contributed by atoms with E-state index in [1.807, 2.05) is 37.8 Å². The van der Waals surface area contributed by atoms with Crippen LogP contribution in [0.1, 0.15) is 44.9 Å². The number of fused-ring (bicyclic) bond motifs is 1. The molecule has 4 heterocycles. The normalized spacial score (nSPS) is 19.6. The van der Waals surface area contributed by atoms with Gasteiger partial charge in [0.05, 0.1) is 11.3 Å². The first-order valence-corrected chi connectivity index (χ1v) is 10.5. The third-order valence-corrected chi connectivity index (χ3v) is 5.58. The second-order valence-corrected chi connectivity index (χ2v) is 9.03. The quantitative estimate of drug-likeness (QED) is 0.835. The molecule has 4 rings (SSSR count). The molecule has 1 fully saturated rings. The Kier molecular flexibility index (Phi) is 5.60. The molecule has 1 N–H and O–H groups in total. The summed E-state index contributed by atoms with van der Waals surface area (Å²) in [5.74, 6) is 0.585. The summed E-state index contributed by atoms with van der Waals surface area (Å²) in [6.07, 6.45) is 5.78. The zero-order valence-corrected chi connectivity index (χ0v) is 17.9. The highest BCUT2D eigenvalue weighted by atomic mass is 16.6. The van der Waals surface area contributed by atoms with Gasteiger partial charge >= 0.3 is 6.09 Å². The summed E-state index contributed by atoms with van der Waals surface area (Å²) in [4.78, 5) is 41.0. The Labute approximate surface area is 176 Å². The number of carbonyl (C=O) groups excluding carboxylic acids is 1. The van der Waals surface area contributed by atoms with Crippen molar-refractivity contribution in [3.8, 4) is 11.4 Å². The molecule has 0 radical (unpaired) electrons. The second kappa shape index (κ2) is 8.18. The van der Waals surface area contributed by atoms with E-state index in [1.165, 1.54) is 0 Å². The number of likely N-dealkylation sites (tertiary alicyclic amines) is 1. The summed E-state index contributed by atoms with van der Waals surface area (Å²) < 4.78 is 5.57. The molecule has 30 heavy (non-hydrogen) atoms. The molecule has 1 saturated heterocycles. The van der Waals surface area contributed by atoms with Crippen LogP contribution in [0.5, 0.6) is 0 Å². The van der Waals surface area contributed by atoms with Gasteiger partial charge in [0.25, 0.3) is 5.56 Å². The fraction of sp³-hybridized carbons (Fsp3) is 0.545. The van der Waals surface area contributed by atoms with E-state index in [9.17, 15) is 9.59 Å². The van der Waals surface area contributed by atoms with Gasteiger partial charge < -0.3 is 14.6 Å². The van der Waals surface area contributed by atoms with Crippen molar-refractivity contribution in [2.45, 2.75) is 58.2 Å². The molecule has 8 heteroatoms. The third kappa shape index (κ3) is 4.53. The largest absolute Gasteiger partial charge is 0.444 e. The van der Waals surface area contributed by atoms with Gasteiger partial charge in [0, 0.05) is 56.6 Å². The smallest absolute Gasteiger partial charge is 0.410 e. The number of aromatic nitrogens is 3. The zero-order chi connectivity index (χ0) is 21.3. The fourth-order valence-corrected chi connectivity index (χ4v) is 4.17. The maximum absolute atomic E-state index is 12.7. The molecule has 0 spiro atoms. The highest BCUT2D eigenvalue weighted by Crippen LogP contribution is 2.24. The van der Waals surface area contributed by atoms with Crippen LogP contribution < -0.4 is 5.56 Å². The first-order chi connectivity index (χ1) is 14.3.